The zero-order valence-electron chi connectivity index (χ0n) is 14.9. The van der Waals surface area contributed by atoms with Gasteiger partial charge in [-0.15, -0.1) is 0 Å². The molecular formula is C16H26N2O5Si. The standard InChI is InChI=1S/C16H26N2O5Si/c1-16(2,24(4,5)22)9-6-10-17-15(19)12-7-8-13(18(20)21)14(11-12)23-3/h7-8,11,22H,6,9-10H2,1-5H3,(H,17,19). The summed E-state index contributed by atoms with van der Waals surface area (Å²) in [7, 11) is -0.922. The van der Waals surface area contributed by atoms with Gasteiger partial charge in [-0.2, -0.15) is 0 Å². The number of hydrogen-bond acceptors (Lipinski definition) is 5. The van der Waals surface area contributed by atoms with Crippen LogP contribution in [0, 0.1) is 10.1 Å². The number of nitro benzene ring substituents is 1. The zero-order valence-corrected chi connectivity index (χ0v) is 15.9. The normalized spacial score (nSPS) is 11.9. The van der Waals surface area contributed by atoms with Gasteiger partial charge in [-0.25, -0.2) is 0 Å². The van der Waals surface area contributed by atoms with Gasteiger partial charge in [0.1, 0.15) is 0 Å². The highest BCUT2D eigenvalue weighted by Gasteiger charge is 2.37. The molecule has 7 nitrogen and oxygen atoms in total. The minimum atomic E-state index is -2.25. The van der Waals surface area contributed by atoms with Crippen molar-refractivity contribution in [2.45, 2.75) is 44.8 Å². The number of carbonyl (C=O) groups excluding carboxylic acids is 1. The van der Waals surface area contributed by atoms with Crippen LogP contribution in [-0.2, 0) is 0 Å². The summed E-state index contributed by atoms with van der Waals surface area (Å²) in [6.45, 7) is 8.39. The van der Waals surface area contributed by atoms with Gasteiger partial charge >= 0.3 is 5.69 Å². The molecule has 1 aromatic rings. The summed E-state index contributed by atoms with van der Waals surface area (Å²) in [6.07, 6.45) is 1.56. The van der Waals surface area contributed by atoms with Crippen LogP contribution in [0.25, 0.3) is 0 Å². The first-order valence-corrected chi connectivity index (χ1v) is 10.8. The van der Waals surface area contributed by atoms with E-state index in [2.05, 4.69) is 5.32 Å². The Morgan fingerprint density at radius 1 is 1.42 bits per heavy atom. The fraction of sp³-hybridized carbons (Fsp3) is 0.562. The number of amides is 1. The molecule has 8 heteroatoms. The summed E-state index contributed by atoms with van der Waals surface area (Å²) >= 11 is 0. The van der Waals surface area contributed by atoms with Gasteiger partial charge in [-0.1, -0.05) is 13.8 Å². The van der Waals surface area contributed by atoms with Gasteiger partial charge in [-0.3, -0.25) is 14.9 Å². The molecular weight excluding hydrogens is 328 g/mol. The predicted molar refractivity (Wildman–Crippen MR) is 95.0 cm³/mol. The van der Waals surface area contributed by atoms with Crippen LogP contribution in [0.3, 0.4) is 0 Å². The summed E-state index contributed by atoms with van der Waals surface area (Å²) in [5.41, 5.74) is 0.138. The van der Waals surface area contributed by atoms with E-state index < -0.39 is 13.2 Å². The molecule has 0 aromatic heterocycles. The largest absolute Gasteiger partial charge is 0.490 e. The molecule has 0 saturated heterocycles. The van der Waals surface area contributed by atoms with Crippen LogP contribution in [0.2, 0.25) is 18.1 Å². The van der Waals surface area contributed by atoms with Crippen LogP contribution in [0.5, 0.6) is 5.75 Å². The van der Waals surface area contributed by atoms with Crippen LogP contribution >= 0.6 is 0 Å². The number of rotatable bonds is 8. The van der Waals surface area contributed by atoms with Gasteiger partial charge in [0.15, 0.2) is 14.1 Å². The number of carbonyl (C=O) groups is 1. The van der Waals surface area contributed by atoms with Crippen molar-refractivity contribution in [2.24, 2.45) is 0 Å². The summed E-state index contributed by atoms with van der Waals surface area (Å²) in [6, 6.07) is 4.03. The highest BCUT2D eigenvalue weighted by atomic mass is 28.4. The maximum atomic E-state index is 12.1. The van der Waals surface area contributed by atoms with E-state index in [-0.39, 0.29) is 22.4 Å². The summed E-state index contributed by atoms with van der Waals surface area (Å²) < 4.78 is 4.96. The van der Waals surface area contributed by atoms with E-state index in [0.29, 0.717) is 12.1 Å². The molecule has 0 aliphatic heterocycles. The minimum absolute atomic E-state index is 0.0572. The van der Waals surface area contributed by atoms with E-state index in [4.69, 9.17) is 4.74 Å². The molecule has 134 valence electrons. The summed E-state index contributed by atoms with van der Waals surface area (Å²) in [4.78, 5) is 32.7. The molecule has 1 rings (SSSR count). The molecule has 0 atom stereocenters. The number of ether oxygens (including phenoxy) is 1. The first kappa shape index (κ1) is 20.1. The predicted octanol–water partition coefficient (Wildman–Crippen LogP) is 3.09. The quantitative estimate of drug-likeness (QED) is 0.323. The molecule has 0 unspecified atom stereocenters. The summed E-state index contributed by atoms with van der Waals surface area (Å²) in [5, 5.41) is 13.5. The van der Waals surface area contributed by atoms with Crippen molar-refractivity contribution in [2.75, 3.05) is 13.7 Å². The Balaban J connectivity index is 2.62. The Hall–Kier alpha value is -1.93. The van der Waals surface area contributed by atoms with Gasteiger partial charge in [0, 0.05) is 24.2 Å². The minimum Gasteiger partial charge on any atom is -0.490 e. The van der Waals surface area contributed by atoms with Gasteiger partial charge in [0.25, 0.3) is 5.91 Å². The number of hydrogen-bond donors (Lipinski definition) is 2. The van der Waals surface area contributed by atoms with Crippen molar-refractivity contribution >= 4 is 19.9 Å². The molecule has 0 aliphatic rings. The van der Waals surface area contributed by atoms with Crippen molar-refractivity contribution in [3.63, 3.8) is 0 Å². The highest BCUT2D eigenvalue weighted by molar-refractivity contribution is 6.72. The van der Waals surface area contributed by atoms with E-state index in [1.807, 2.05) is 26.9 Å². The second kappa shape index (κ2) is 7.76. The molecule has 0 aliphatic carbocycles. The molecule has 1 aromatic carbocycles. The second-order valence-electron chi connectivity index (χ2n) is 6.95. The third kappa shape index (κ3) is 5.03. The lowest BCUT2D eigenvalue weighted by atomic mass is 10.1. The van der Waals surface area contributed by atoms with Crippen LogP contribution < -0.4 is 10.1 Å². The van der Waals surface area contributed by atoms with Gasteiger partial charge in [-0.05, 0) is 37.0 Å². The average Bonchev–Trinajstić information content (AvgIpc) is 2.49. The number of methoxy groups -OCH3 is 1. The topological polar surface area (TPSA) is 102 Å². The SMILES string of the molecule is COc1cc(C(=O)NCCCC(C)(C)[Si](C)(C)O)ccc1[N+](=O)[O-]. The van der Waals surface area contributed by atoms with Crippen molar-refractivity contribution < 1.29 is 19.3 Å². The number of nitro groups is 1. The van der Waals surface area contributed by atoms with Crippen molar-refractivity contribution in [3.05, 3.63) is 33.9 Å². The van der Waals surface area contributed by atoms with E-state index in [1.165, 1.54) is 25.3 Å². The molecule has 0 heterocycles. The fourth-order valence-corrected chi connectivity index (χ4v) is 2.90. The maximum Gasteiger partial charge on any atom is 0.310 e. The lowest BCUT2D eigenvalue weighted by Gasteiger charge is -2.35. The highest BCUT2D eigenvalue weighted by Crippen LogP contribution is 2.39. The molecule has 0 radical (unpaired) electrons. The second-order valence-corrected chi connectivity index (χ2v) is 11.4. The van der Waals surface area contributed by atoms with E-state index in [0.717, 1.165) is 12.8 Å². The number of nitrogens with zero attached hydrogens (tertiary/aromatic N) is 1. The smallest absolute Gasteiger partial charge is 0.310 e. The molecule has 0 spiro atoms. The molecule has 24 heavy (non-hydrogen) atoms. The zero-order chi connectivity index (χ0) is 18.5. The van der Waals surface area contributed by atoms with E-state index >= 15 is 0 Å². The van der Waals surface area contributed by atoms with Crippen LogP contribution in [0.15, 0.2) is 18.2 Å². The fourth-order valence-electron chi connectivity index (χ4n) is 2.11. The Morgan fingerprint density at radius 2 is 2.04 bits per heavy atom. The Labute approximate surface area is 143 Å². The van der Waals surface area contributed by atoms with Crippen molar-refractivity contribution in [1.82, 2.24) is 5.32 Å². The van der Waals surface area contributed by atoms with Gasteiger partial charge in [0.05, 0.1) is 12.0 Å². The third-order valence-corrected chi connectivity index (χ3v) is 8.12. The Morgan fingerprint density at radius 3 is 2.54 bits per heavy atom. The number of benzene rings is 1. The van der Waals surface area contributed by atoms with Crippen LogP contribution in [0.1, 0.15) is 37.0 Å². The number of nitrogens with one attached hydrogen (secondary N) is 1. The lowest BCUT2D eigenvalue weighted by Crippen LogP contribution is -2.39. The Kier molecular flexibility index (Phi) is 6.50. The van der Waals surface area contributed by atoms with E-state index in [1.54, 1.807) is 0 Å². The van der Waals surface area contributed by atoms with Crippen LogP contribution in [0.4, 0.5) is 5.69 Å². The average molecular weight is 354 g/mol. The van der Waals surface area contributed by atoms with Gasteiger partial charge in [0.2, 0.25) is 0 Å². The maximum absolute atomic E-state index is 12.1. The lowest BCUT2D eigenvalue weighted by molar-refractivity contribution is -0.385. The molecule has 1 amide bonds. The first-order valence-electron chi connectivity index (χ1n) is 7.82. The molecule has 2 N–H and O–H groups in total. The van der Waals surface area contributed by atoms with E-state index in [9.17, 15) is 19.7 Å². The molecule has 0 fully saturated rings. The van der Waals surface area contributed by atoms with Crippen LogP contribution in [-0.4, -0.2) is 37.6 Å². The molecule has 0 saturated carbocycles. The van der Waals surface area contributed by atoms with Gasteiger partial charge < -0.3 is 14.8 Å². The Bertz CT molecular complexity index is 611. The molecule has 0 bridgehead atoms. The van der Waals surface area contributed by atoms with Crippen molar-refractivity contribution in [1.29, 1.82) is 0 Å². The first-order chi connectivity index (χ1) is 11.0. The third-order valence-electron chi connectivity index (χ3n) is 4.56. The van der Waals surface area contributed by atoms with Crippen molar-refractivity contribution in [3.8, 4) is 5.75 Å². The summed E-state index contributed by atoms with van der Waals surface area (Å²) in [5.74, 6) is -0.247. The monoisotopic (exact) mass is 354 g/mol.